The smallest absolute Gasteiger partial charge is 0.123 e. The Morgan fingerprint density at radius 1 is 1.35 bits per heavy atom. The van der Waals surface area contributed by atoms with E-state index in [-0.39, 0.29) is 5.75 Å². The summed E-state index contributed by atoms with van der Waals surface area (Å²) in [4.78, 5) is 0. The zero-order valence-electron chi connectivity index (χ0n) is 10.1. The van der Waals surface area contributed by atoms with E-state index in [1.165, 1.54) is 0 Å². The first-order valence-electron chi connectivity index (χ1n) is 5.62. The van der Waals surface area contributed by atoms with Crippen molar-refractivity contribution in [2.24, 2.45) is 0 Å². The number of aromatic hydroxyl groups is 1. The molecule has 0 atom stereocenters. The number of rotatable bonds is 4. The molecule has 0 spiro atoms. The van der Waals surface area contributed by atoms with E-state index < -0.39 is 0 Å². The summed E-state index contributed by atoms with van der Waals surface area (Å²) >= 11 is 0. The molecular weight excluding hydrogens is 216 g/mol. The van der Waals surface area contributed by atoms with Gasteiger partial charge in [-0.15, -0.1) is 0 Å². The fraction of sp³-hybridized carbons (Fsp3) is 0.308. The zero-order chi connectivity index (χ0) is 12.3. The van der Waals surface area contributed by atoms with E-state index in [4.69, 9.17) is 4.74 Å². The summed E-state index contributed by atoms with van der Waals surface area (Å²) in [5, 5.41) is 13.6. The van der Waals surface area contributed by atoms with Gasteiger partial charge in [0.15, 0.2) is 0 Å². The minimum atomic E-state index is 0.226. The van der Waals surface area contributed by atoms with E-state index in [0.717, 1.165) is 17.7 Å². The molecule has 4 nitrogen and oxygen atoms in total. The average molecular weight is 232 g/mol. The summed E-state index contributed by atoms with van der Waals surface area (Å²) in [5.74, 6) is 0.899. The largest absolute Gasteiger partial charge is 0.508 e. The second kappa shape index (κ2) is 4.91. The molecule has 1 N–H and O–H groups in total. The molecule has 1 heterocycles. The molecule has 0 unspecified atom stereocenters. The Kier molecular flexibility index (Phi) is 3.32. The summed E-state index contributed by atoms with van der Waals surface area (Å²) in [6.45, 7) is 5.27. The number of nitrogens with zero attached hydrogens (tertiary/aromatic N) is 2. The SMILES string of the molecule is CCn1cc(COc2cc(C)cc(O)c2)cn1. The van der Waals surface area contributed by atoms with Crippen LogP contribution >= 0.6 is 0 Å². The third kappa shape index (κ3) is 3.00. The predicted octanol–water partition coefficient (Wildman–Crippen LogP) is 2.50. The van der Waals surface area contributed by atoms with Crippen molar-refractivity contribution in [3.63, 3.8) is 0 Å². The minimum Gasteiger partial charge on any atom is -0.508 e. The standard InChI is InChI=1S/C13H16N2O2/c1-3-15-8-11(7-14-15)9-17-13-5-10(2)4-12(16)6-13/h4-8,16H,3,9H2,1-2H3. The molecule has 0 saturated carbocycles. The van der Waals surface area contributed by atoms with Crippen molar-refractivity contribution < 1.29 is 9.84 Å². The maximum Gasteiger partial charge on any atom is 0.123 e. The number of hydrogen-bond donors (Lipinski definition) is 1. The van der Waals surface area contributed by atoms with Gasteiger partial charge in [-0.2, -0.15) is 5.10 Å². The monoisotopic (exact) mass is 232 g/mol. The van der Waals surface area contributed by atoms with Crippen LogP contribution in [0.15, 0.2) is 30.6 Å². The van der Waals surface area contributed by atoms with Gasteiger partial charge in [0.05, 0.1) is 6.20 Å². The Hall–Kier alpha value is -1.97. The first-order valence-corrected chi connectivity index (χ1v) is 5.62. The second-order valence-electron chi connectivity index (χ2n) is 4.00. The van der Waals surface area contributed by atoms with Crippen LogP contribution in [0, 0.1) is 6.92 Å². The summed E-state index contributed by atoms with van der Waals surface area (Å²) in [6, 6.07) is 5.20. The normalized spacial score (nSPS) is 10.5. The molecule has 0 saturated heterocycles. The molecule has 0 fully saturated rings. The maximum atomic E-state index is 9.44. The first kappa shape index (κ1) is 11.5. The van der Waals surface area contributed by atoms with Crippen LogP contribution in [0.3, 0.4) is 0 Å². The van der Waals surface area contributed by atoms with Gasteiger partial charge in [-0.05, 0) is 31.5 Å². The molecule has 2 aromatic rings. The van der Waals surface area contributed by atoms with Gasteiger partial charge in [0.1, 0.15) is 18.1 Å². The molecule has 2 rings (SSSR count). The van der Waals surface area contributed by atoms with Gasteiger partial charge in [0.25, 0.3) is 0 Å². The summed E-state index contributed by atoms with van der Waals surface area (Å²) in [7, 11) is 0. The van der Waals surface area contributed by atoms with Crippen LogP contribution in [-0.2, 0) is 13.2 Å². The molecule has 0 amide bonds. The molecule has 0 radical (unpaired) electrons. The highest BCUT2D eigenvalue weighted by molar-refractivity contribution is 5.36. The lowest BCUT2D eigenvalue weighted by Gasteiger charge is -2.06. The molecular formula is C13H16N2O2. The van der Waals surface area contributed by atoms with Crippen molar-refractivity contribution in [3.8, 4) is 11.5 Å². The van der Waals surface area contributed by atoms with E-state index in [1.54, 1.807) is 18.3 Å². The topological polar surface area (TPSA) is 47.3 Å². The van der Waals surface area contributed by atoms with Crippen molar-refractivity contribution in [2.75, 3.05) is 0 Å². The average Bonchev–Trinajstić information content (AvgIpc) is 2.73. The Morgan fingerprint density at radius 3 is 2.82 bits per heavy atom. The molecule has 0 aliphatic rings. The Labute approximate surface area is 100 Å². The Balaban J connectivity index is 2.01. The second-order valence-corrected chi connectivity index (χ2v) is 4.00. The molecule has 1 aromatic heterocycles. The summed E-state index contributed by atoms with van der Waals surface area (Å²) < 4.78 is 7.45. The molecule has 17 heavy (non-hydrogen) atoms. The molecule has 90 valence electrons. The zero-order valence-corrected chi connectivity index (χ0v) is 10.1. The van der Waals surface area contributed by atoms with Crippen LogP contribution in [0.25, 0.3) is 0 Å². The number of phenols is 1. The lowest BCUT2D eigenvalue weighted by molar-refractivity contribution is 0.304. The van der Waals surface area contributed by atoms with Crippen molar-refractivity contribution in [2.45, 2.75) is 27.0 Å². The van der Waals surface area contributed by atoms with E-state index in [2.05, 4.69) is 5.10 Å². The number of phenolic OH excluding ortho intramolecular Hbond substituents is 1. The van der Waals surface area contributed by atoms with Crippen molar-refractivity contribution in [3.05, 3.63) is 41.7 Å². The molecule has 0 aliphatic heterocycles. The molecule has 1 aromatic carbocycles. The lowest BCUT2D eigenvalue weighted by Crippen LogP contribution is -1.95. The quantitative estimate of drug-likeness (QED) is 0.881. The maximum absolute atomic E-state index is 9.44. The van der Waals surface area contributed by atoms with E-state index in [1.807, 2.05) is 30.8 Å². The van der Waals surface area contributed by atoms with E-state index in [0.29, 0.717) is 12.4 Å². The van der Waals surface area contributed by atoms with Crippen LogP contribution in [0.2, 0.25) is 0 Å². The minimum absolute atomic E-state index is 0.226. The van der Waals surface area contributed by atoms with Gasteiger partial charge in [-0.25, -0.2) is 0 Å². The van der Waals surface area contributed by atoms with Gasteiger partial charge < -0.3 is 9.84 Å². The fourth-order valence-electron chi connectivity index (χ4n) is 1.63. The summed E-state index contributed by atoms with van der Waals surface area (Å²) in [6.07, 6.45) is 3.74. The molecule has 4 heteroatoms. The lowest BCUT2D eigenvalue weighted by atomic mass is 10.2. The van der Waals surface area contributed by atoms with Crippen LogP contribution in [-0.4, -0.2) is 14.9 Å². The predicted molar refractivity (Wildman–Crippen MR) is 65.1 cm³/mol. The highest BCUT2D eigenvalue weighted by Gasteiger charge is 2.01. The Bertz CT molecular complexity index is 486. The van der Waals surface area contributed by atoms with Crippen LogP contribution < -0.4 is 4.74 Å². The fourth-order valence-corrected chi connectivity index (χ4v) is 1.63. The molecule has 0 bridgehead atoms. The third-order valence-electron chi connectivity index (χ3n) is 2.45. The van der Waals surface area contributed by atoms with Gasteiger partial charge in [0, 0.05) is 24.4 Å². The van der Waals surface area contributed by atoms with Crippen molar-refractivity contribution in [1.29, 1.82) is 0 Å². The van der Waals surface area contributed by atoms with Crippen molar-refractivity contribution in [1.82, 2.24) is 9.78 Å². The number of aromatic nitrogens is 2. The highest BCUT2D eigenvalue weighted by Crippen LogP contribution is 2.21. The van der Waals surface area contributed by atoms with Gasteiger partial charge >= 0.3 is 0 Å². The third-order valence-corrected chi connectivity index (χ3v) is 2.45. The highest BCUT2D eigenvalue weighted by atomic mass is 16.5. The molecule has 0 aliphatic carbocycles. The van der Waals surface area contributed by atoms with Gasteiger partial charge in [-0.3, -0.25) is 4.68 Å². The number of aryl methyl sites for hydroxylation is 2. The van der Waals surface area contributed by atoms with Crippen LogP contribution in [0.5, 0.6) is 11.5 Å². The van der Waals surface area contributed by atoms with Crippen LogP contribution in [0.1, 0.15) is 18.1 Å². The van der Waals surface area contributed by atoms with Crippen LogP contribution in [0.4, 0.5) is 0 Å². The van der Waals surface area contributed by atoms with E-state index in [9.17, 15) is 5.11 Å². The van der Waals surface area contributed by atoms with Crippen molar-refractivity contribution >= 4 is 0 Å². The first-order chi connectivity index (χ1) is 8.17. The van der Waals surface area contributed by atoms with Gasteiger partial charge in [-0.1, -0.05) is 0 Å². The van der Waals surface area contributed by atoms with Gasteiger partial charge in [0.2, 0.25) is 0 Å². The summed E-state index contributed by atoms with van der Waals surface area (Å²) in [5.41, 5.74) is 2.00. The number of benzene rings is 1. The Morgan fingerprint density at radius 2 is 2.18 bits per heavy atom. The number of ether oxygens (including phenoxy) is 1. The van der Waals surface area contributed by atoms with E-state index >= 15 is 0 Å². The number of hydrogen-bond acceptors (Lipinski definition) is 3.